The average molecular weight is 362 g/mol. The fourth-order valence-electron chi connectivity index (χ4n) is 4.03. The zero-order valence-electron chi connectivity index (χ0n) is 15.8. The second-order valence-electron chi connectivity index (χ2n) is 7.54. The van der Waals surface area contributed by atoms with Crippen molar-refractivity contribution in [2.45, 2.75) is 19.4 Å². The van der Waals surface area contributed by atoms with Crippen molar-refractivity contribution in [2.24, 2.45) is 5.92 Å². The molecule has 5 nitrogen and oxygen atoms in total. The minimum Gasteiger partial charge on any atom is -0.371 e. The predicted octanol–water partition coefficient (Wildman–Crippen LogP) is 3.27. The minimum atomic E-state index is 0.0213. The van der Waals surface area contributed by atoms with E-state index in [4.69, 9.17) is 0 Å². The van der Waals surface area contributed by atoms with Crippen molar-refractivity contribution < 1.29 is 0 Å². The molecule has 0 bridgehead atoms. The summed E-state index contributed by atoms with van der Waals surface area (Å²) in [7, 11) is 2.11. The summed E-state index contributed by atoms with van der Waals surface area (Å²) in [5, 5.41) is 1.09. The smallest absolute Gasteiger partial charge is 0.252 e. The van der Waals surface area contributed by atoms with Gasteiger partial charge < -0.3 is 14.8 Å². The van der Waals surface area contributed by atoms with Crippen LogP contribution in [0.3, 0.4) is 0 Å². The van der Waals surface area contributed by atoms with E-state index in [1.165, 1.54) is 18.5 Å². The third-order valence-electron chi connectivity index (χ3n) is 5.48. The molecule has 3 heterocycles. The van der Waals surface area contributed by atoms with Crippen LogP contribution in [-0.2, 0) is 6.54 Å². The number of aromatic nitrogens is 2. The number of H-pyrrole nitrogens is 1. The van der Waals surface area contributed by atoms with Gasteiger partial charge in [-0.1, -0.05) is 18.2 Å². The van der Waals surface area contributed by atoms with Gasteiger partial charge in [-0.2, -0.15) is 0 Å². The molecular formula is C22H26N4O. The molecule has 3 aromatic rings. The highest BCUT2D eigenvalue weighted by molar-refractivity contribution is 5.78. The normalized spacial score (nSPS) is 15.6. The van der Waals surface area contributed by atoms with Crippen molar-refractivity contribution in [1.82, 2.24) is 14.9 Å². The van der Waals surface area contributed by atoms with Crippen LogP contribution in [0.15, 0.2) is 59.7 Å². The Morgan fingerprint density at radius 1 is 1.15 bits per heavy atom. The first-order chi connectivity index (χ1) is 13.2. The summed E-state index contributed by atoms with van der Waals surface area (Å²) >= 11 is 0. The molecule has 0 unspecified atom stereocenters. The van der Waals surface area contributed by atoms with E-state index < -0.39 is 0 Å². The van der Waals surface area contributed by atoms with E-state index in [0.29, 0.717) is 12.5 Å². The Morgan fingerprint density at radius 2 is 1.89 bits per heavy atom. The molecule has 0 radical (unpaired) electrons. The summed E-state index contributed by atoms with van der Waals surface area (Å²) in [5.41, 5.74) is 3.02. The molecule has 1 N–H and O–H groups in total. The summed E-state index contributed by atoms with van der Waals surface area (Å²) in [4.78, 5) is 24.2. The molecule has 5 heteroatoms. The number of hydrogen-bond donors (Lipinski definition) is 1. The SMILES string of the molecule is CN(Cc1cc2ccccc2[nH]c1=O)CC1CCN(c2ccncc2)CC1. The number of hydrogen-bond acceptors (Lipinski definition) is 4. The van der Waals surface area contributed by atoms with Gasteiger partial charge in [-0.3, -0.25) is 9.78 Å². The maximum absolute atomic E-state index is 12.4. The molecule has 1 aliphatic heterocycles. The van der Waals surface area contributed by atoms with Crippen molar-refractivity contribution in [3.8, 4) is 0 Å². The van der Waals surface area contributed by atoms with Crippen LogP contribution in [0.5, 0.6) is 0 Å². The lowest BCUT2D eigenvalue weighted by molar-refractivity contribution is 0.242. The van der Waals surface area contributed by atoms with E-state index in [0.717, 1.165) is 36.1 Å². The molecule has 0 amide bonds. The van der Waals surface area contributed by atoms with Gasteiger partial charge in [0.15, 0.2) is 0 Å². The molecule has 140 valence electrons. The van der Waals surface area contributed by atoms with E-state index >= 15 is 0 Å². The average Bonchev–Trinajstić information content (AvgIpc) is 2.70. The van der Waals surface area contributed by atoms with E-state index in [1.54, 1.807) is 0 Å². The Labute approximate surface area is 159 Å². The molecule has 2 aromatic heterocycles. The van der Waals surface area contributed by atoms with Crippen LogP contribution in [0.4, 0.5) is 5.69 Å². The Kier molecular flexibility index (Phi) is 5.21. The highest BCUT2D eigenvalue weighted by Gasteiger charge is 2.21. The lowest BCUT2D eigenvalue weighted by atomic mass is 9.96. The first kappa shape index (κ1) is 17.7. The third-order valence-corrected chi connectivity index (χ3v) is 5.48. The van der Waals surface area contributed by atoms with Crippen LogP contribution in [0, 0.1) is 5.92 Å². The quantitative estimate of drug-likeness (QED) is 0.757. The van der Waals surface area contributed by atoms with Gasteiger partial charge in [0.25, 0.3) is 5.56 Å². The fourth-order valence-corrected chi connectivity index (χ4v) is 4.03. The van der Waals surface area contributed by atoms with Gasteiger partial charge in [-0.05, 0) is 55.5 Å². The minimum absolute atomic E-state index is 0.0213. The van der Waals surface area contributed by atoms with Gasteiger partial charge in [-0.15, -0.1) is 0 Å². The van der Waals surface area contributed by atoms with E-state index in [9.17, 15) is 4.79 Å². The van der Waals surface area contributed by atoms with Crippen LogP contribution < -0.4 is 10.5 Å². The Bertz CT molecular complexity index is 945. The van der Waals surface area contributed by atoms with E-state index in [2.05, 4.69) is 38.9 Å². The maximum atomic E-state index is 12.4. The molecular weight excluding hydrogens is 336 g/mol. The van der Waals surface area contributed by atoms with E-state index in [-0.39, 0.29) is 5.56 Å². The number of nitrogens with zero attached hydrogens (tertiary/aromatic N) is 3. The molecule has 1 aliphatic rings. The molecule has 0 spiro atoms. The summed E-state index contributed by atoms with van der Waals surface area (Å²) in [6, 6.07) is 14.1. The lowest BCUT2D eigenvalue weighted by Gasteiger charge is -2.35. The molecule has 27 heavy (non-hydrogen) atoms. The van der Waals surface area contributed by atoms with Gasteiger partial charge in [-0.25, -0.2) is 0 Å². The molecule has 0 aliphatic carbocycles. The number of pyridine rings is 2. The van der Waals surface area contributed by atoms with Gasteiger partial charge >= 0.3 is 0 Å². The van der Waals surface area contributed by atoms with Crippen molar-refractivity contribution >= 4 is 16.6 Å². The number of para-hydroxylation sites is 1. The Hall–Kier alpha value is -2.66. The summed E-state index contributed by atoms with van der Waals surface area (Å²) in [6.45, 7) is 3.87. The van der Waals surface area contributed by atoms with Gasteiger partial charge in [0.2, 0.25) is 0 Å². The van der Waals surface area contributed by atoms with Crippen molar-refractivity contribution in [1.29, 1.82) is 0 Å². The largest absolute Gasteiger partial charge is 0.371 e. The van der Waals surface area contributed by atoms with Crippen LogP contribution in [-0.4, -0.2) is 41.5 Å². The fraction of sp³-hybridized carbons (Fsp3) is 0.364. The second-order valence-corrected chi connectivity index (χ2v) is 7.54. The number of fused-ring (bicyclic) bond motifs is 1. The highest BCUT2D eigenvalue weighted by atomic mass is 16.1. The first-order valence-electron chi connectivity index (χ1n) is 9.63. The number of aromatic amines is 1. The van der Waals surface area contributed by atoms with Crippen molar-refractivity contribution in [2.75, 3.05) is 31.6 Å². The zero-order valence-corrected chi connectivity index (χ0v) is 15.8. The lowest BCUT2D eigenvalue weighted by Crippen LogP contribution is -2.38. The van der Waals surface area contributed by atoms with Crippen LogP contribution >= 0.6 is 0 Å². The van der Waals surface area contributed by atoms with Crippen LogP contribution in [0.2, 0.25) is 0 Å². The number of nitrogens with one attached hydrogen (secondary N) is 1. The Morgan fingerprint density at radius 3 is 2.67 bits per heavy atom. The molecule has 1 saturated heterocycles. The monoisotopic (exact) mass is 362 g/mol. The number of rotatable bonds is 5. The predicted molar refractivity (Wildman–Crippen MR) is 110 cm³/mol. The van der Waals surface area contributed by atoms with Gasteiger partial charge in [0.05, 0.1) is 0 Å². The maximum Gasteiger partial charge on any atom is 0.252 e. The summed E-state index contributed by atoms with van der Waals surface area (Å²) < 4.78 is 0. The molecule has 4 rings (SSSR count). The first-order valence-corrected chi connectivity index (χ1v) is 9.63. The van der Waals surface area contributed by atoms with Crippen molar-refractivity contribution in [3.63, 3.8) is 0 Å². The molecule has 1 aromatic carbocycles. The highest BCUT2D eigenvalue weighted by Crippen LogP contribution is 2.23. The summed E-state index contributed by atoms with van der Waals surface area (Å²) in [6.07, 6.45) is 6.08. The molecule has 0 atom stereocenters. The molecule has 0 saturated carbocycles. The van der Waals surface area contributed by atoms with Gasteiger partial charge in [0, 0.05) is 55.3 Å². The second kappa shape index (κ2) is 7.92. The standard InChI is InChI=1S/C22H26N4O/c1-25(16-19-14-18-4-2-3-5-21(18)24-22(19)27)15-17-8-12-26(13-9-17)20-6-10-23-11-7-20/h2-7,10-11,14,17H,8-9,12-13,15-16H2,1H3,(H,24,27). The Balaban J connectivity index is 1.34. The van der Waals surface area contributed by atoms with Crippen LogP contribution in [0.1, 0.15) is 18.4 Å². The number of piperidine rings is 1. The van der Waals surface area contributed by atoms with Crippen molar-refractivity contribution in [3.05, 3.63) is 70.8 Å². The van der Waals surface area contributed by atoms with E-state index in [1.807, 2.05) is 42.7 Å². The topological polar surface area (TPSA) is 52.2 Å². The molecule has 1 fully saturated rings. The van der Waals surface area contributed by atoms with Crippen LogP contribution in [0.25, 0.3) is 10.9 Å². The summed E-state index contributed by atoms with van der Waals surface area (Å²) in [5.74, 6) is 0.674. The van der Waals surface area contributed by atoms with Gasteiger partial charge in [0.1, 0.15) is 0 Å². The zero-order chi connectivity index (χ0) is 18.6. The number of anilines is 1. The number of benzene rings is 1. The third kappa shape index (κ3) is 4.19.